The van der Waals surface area contributed by atoms with E-state index in [0.29, 0.717) is 0 Å². The van der Waals surface area contributed by atoms with Crippen molar-refractivity contribution in [2.75, 3.05) is 33.4 Å². The SMILES string of the molecule is CC(C)(CO)C(O)C(=O)NCCC(=O)[O-].CC(C)(CO)C(O)C(=O)NCCC(=O)[O-].CO.[Ca+2]. The summed E-state index contributed by atoms with van der Waals surface area (Å²) in [6.45, 7) is 5.21. The molecule has 14 heteroatoms. The van der Waals surface area contributed by atoms with Gasteiger partial charge in [0.1, 0.15) is 12.2 Å². The number of hydrogen-bond donors (Lipinski definition) is 7. The third-order valence-corrected chi connectivity index (χ3v) is 4.05. The van der Waals surface area contributed by atoms with Crippen LogP contribution in [-0.2, 0) is 19.2 Å². The zero-order chi connectivity index (χ0) is 26.1. The van der Waals surface area contributed by atoms with Crippen molar-refractivity contribution in [1.82, 2.24) is 10.6 Å². The molecular formula is C19H36CaN2O11. The molecule has 0 fully saturated rings. The van der Waals surface area contributed by atoms with Gasteiger partial charge in [0.25, 0.3) is 0 Å². The van der Waals surface area contributed by atoms with Gasteiger partial charge in [0.15, 0.2) is 0 Å². The Morgan fingerprint density at radius 2 is 0.970 bits per heavy atom. The number of carboxylic acids is 2. The molecule has 2 unspecified atom stereocenters. The Hall–Kier alpha value is -1.06. The zero-order valence-corrected chi connectivity index (χ0v) is 22.0. The monoisotopic (exact) mass is 508 g/mol. The van der Waals surface area contributed by atoms with Gasteiger partial charge in [-0.25, -0.2) is 0 Å². The summed E-state index contributed by atoms with van der Waals surface area (Å²) in [4.78, 5) is 42.6. The van der Waals surface area contributed by atoms with E-state index >= 15 is 0 Å². The number of aliphatic hydroxyl groups excluding tert-OH is 5. The van der Waals surface area contributed by atoms with E-state index in [1.165, 1.54) is 27.7 Å². The van der Waals surface area contributed by atoms with E-state index in [9.17, 15) is 39.6 Å². The van der Waals surface area contributed by atoms with Crippen LogP contribution in [0.2, 0.25) is 0 Å². The zero-order valence-electron chi connectivity index (χ0n) is 19.8. The Bertz CT molecular complexity index is 536. The largest absolute Gasteiger partial charge is 2.00 e. The summed E-state index contributed by atoms with van der Waals surface area (Å²) < 4.78 is 0. The van der Waals surface area contributed by atoms with Crippen LogP contribution in [0.1, 0.15) is 40.5 Å². The quantitative estimate of drug-likeness (QED) is 0.123. The van der Waals surface area contributed by atoms with Gasteiger partial charge in [-0.1, -0.05) is 27.7 Å². The average Bonchev–Trinajstić information content (AvgIpc) is 2.73. The minimum Gasteiger partial charge on any atom is -0.550 e. The van der Waals surface area contributed by atoms with Crippen molar-refractivity contribution in [3.05, 3.63) is 0 Å². The number of nitrogens with one attached hydrogen (secondary N) is 2. The molecule has 0 aliphatic carbocycles. The fourth-order valence-corrected chi connectivity index (χ4v) is 1.65. The van der Waals surface area contributed by atoms with Gasteiger partial charge in [0.05, 0.1) is 13.2 Å². The second-order valence-electron chi connectivity index (χ2n) is 7.92. The molecule has 7 N–H and O–H groups in total. The number of amides is 2. The van der Waals surface area contributed by atoms with E-state index in [4.69, 9.17) is 15.3 Å². The van der Waals surface area contributed by atoms with Crippen molar-refractivity contribution >= 4 is 61.5 Å². The van der Waals surface area contributed by atoms with Crippen molar-refractivity contribution < 1.29 is 54.9 Å². The van der Waals surface area contributed by atoms with Crippen molar-refractivity contribution in [3.63, 3.8) is 0 Å². The van der Waals surface area contributed by atoms with E-state index in [-0.39, 0.29) is 76.9 Å². The summed E-state index contributed by atoms with van der Waals surface area (Å²) in [7, 11) is 1.00. The van der Waals surface area contributed by atoms with E-state index in [0.717, 1.165) is 7.11 Å². The van der Waals surface area contributed by atoms with Crippen LogP contribution in [0.5, 0.6) is 0 Å². The Balaban J connectivity index is -0.000000230. The van der Waals surface area contributed by atoms with Gasteiger partial charge in [-0.2, -0.15) is 0 Å². The molecule has 0 spiro atoms. The van der Waals surface area contributed by atoms with E-state index in [1.54, 1.807) is 0 Å². The molecule has 0 aromatic carbocycles. The molecule has 0 rings (SSSR count). The predicted molar refractivity (Wildman–Crippen MR) is 113 cm³/mol. The van der Waals surface area contributed by atoms with Crippen LogP contribution in [0, 0.1) is 10.8 Å². The molecule has 0 aromatic rings. The van der Waals surface area contributed by atoms with Crippen LogP contribution < -0.4 is 20.8 Å². The first-order chi connectivity index (χ1) is 14.6. The molecule has 0 heterocycles. The normalized spacial score (nSPS) is 12.3. The third-order valence-electron chi connectivity index (χ3n) is 4.05. The fraction of sp³-hybridized carbons (Fsp3) is 0.789. The first-order valence-electron chi connectivity index (χ1n) is 9.60. The molecular weight excluding hydrogens is 472 g/mol. The van der Waals surface area contributed by atoms with Crippen LogP contribution in [0.25, 0.3) is 0 Å². The third kappa shape index (κ3) is 19.0. The van der Waals surface area contributed by atoms with Gasteiger partial charge in [0, 0.05) is 55.8 Å². The van der Waals surface area contributed by atoms with Crippen molar-refractivity contribution in [1.29, 1.82) is 0 Å². The molecule has 0 bridgehead atoms. The molecule has 0 radical (unpaired) electrons. The summed E-state index contributed by atoms with van der Waals surface area (Å²) in [5.74, 6) is -3.94. The van der Waals surface area contributed by atoms with Crippen molar-refractivity contribution in [3.8, 4) is 0 Å². The molecule has 190 valence electrons. The molecule has 33 heavy (non-hydrogen) atoms. The summed E-state index contributed by atoms with van der Waals surface area (Å²) in [6.07, 6.45) is -3.36. The summed E-state index contributed by atoms with van der Waals surface area (Å²) in [5, 5.41) is 68.3. The number of carbonyl (C=O) groups is 4. The second-order valence-corrected chi connectivity index (χ2v) is 7.92. The van der Waals surface area contributed by atoms with Crippen LogP contribution in [0.4, 0.5) is 0 Å². The maximum atomic E-state index is 11.2. The van der Waals surface area contributed by atoms with Crippen LogP contribution in [0.3, 0.4) is 0 Å². The standard InChI is InChI=1S/2C9H17NO5.CH4O.Ca/c2*1-9(2,5-11)7(14)8(15)10-4-3-6(12)13;1-2;/h2*7,11,14H,3-5H2,1-2H3,(H,10,15)(H,12,13);2H,1H3;/q;;;+2/p-2. The van der Waals surface area contributed by atoms with Crippen LogP contribution in [0.15, 0.2) is 0 Å². The maximum absolute atomic E-state index is 11.2. The van der Waals surface area contributed by atoms with E-state index in [2.05, 4.69) is 10.6 Å². The Morgan fingerprint density at radius 1 is 0.727 bits per heavy atom. The maximum Gasteiger partial charge on any atom is 2.00 e. The summed E-state index contributed by atoms with van der Waals surface area (Å²) in [5.41, 5.74) is -1.91. The molecule has 0 aromatic heterocycles. The Labute approximate surface area is 223 Å². The van der Waals surface area contributed by atoms with Crippen molar-refractivity contribution in [2.45, 2.75) is 52.7 Å². The minimum absolute atomic E-state index is 0. The Morgan fingerprint density at radius 3 is 1.15 bits per heavy atom. The van der Waals surface area contributed by atoms with Gasteiger partial charge >= 0.3 is 37.7 Å². The van der Waals surface area contributed by atoms with Gasteiger partial charge in [-0.3, -0.25) is 9.59 Å². The topological polar surface area (TPSA) is 240 Å². The summed E-state index contributed by atoms with van der Waals surface area (Å²) >= 11 is 0. The predicted octanol–water partition coefficient (Wildman–Crippen LogP) is -5.53. The first-order valence-corrected chi connectivity index (χ1v) is 9.60. The number of aliphatic carboxylic acids is 2. The molecule has 13 nitrogen and oxygen atoms in total. The number of carbonyl (C=O) groups excluding carboxylic acids is 4. The van der Waals surface area contributed by atoms with Gasteiger partial charge in [-0.05, 0) is 0 Å². The molecule has 2 atom stereocenters. The smallest absolute Gasteiger partial charge is 0.550 e. The molecule has 2 amide bonds. The van der Waals surface area contributed by atoms with Crippen LogP contribution >= 0.6 is 0 Å². The number of hydrogen-bond acceptors (Lipinski definition) is 11. The summed E-state index contributed by atoms with van der Waals surface area (Å²) in [6, 6.07) is 0. The molecule has 0 saturated heterocycles. The average molecular weight is 509 g/mol. The second kappa shape index (κ2) is 20.3. The first kappa shape index (κ1) is 39.2. The van der Waals surface area contributed by atoms with Gasteiger partial charge in [-0.15, -0.1) is 0 Å². The van der Waals surface area contributed by atoms with E-state index < -0.39 is 46.8 Å². The van der Waals surface area contributed by atoms with Crippen LogP contribution in [-0.4, -0.2) is 133 Å². The van der Waals surface area contributed by atoms with Gasteiger partial charge in [0.2, 0.25) is 11.8 Å². The van der Waals surface area contributed by atoms with E-state index in [1.807, 2.05) is 0 Å². The molecule has 0 aliphatic rings. The van der Waals surface area contributed by atoms with Gasteiger partial charge < -0.3 is 56.0 Å². The Kier molecular flexibility index (Phi) is 24.1. The number of aliphatic hydroxyl groups is 5. The molecule has 0 aliphatic heterocycles. The number of rotatable bonds is 12. The number of carboxylic acid groups (broad SMARTS) is 2. The minimum atomic E-state index is -1.37. The molecule has 0 saturated carbocycles. The fourth-order valence-electron chi connectivity index (χ4n) is 1.65. The van der Waals surface area contributed by atoms with Crippen molar-refractivity contribution in [2.24, 2.45) is 10.8 Å².